The number of hydrogen-bond acceptors (Lipinski definition) is 4. The molecule has 1 atom stereocenters. The van der Waals surface area contributed by atoms with Gasteiger partial charge < -0.3 is 15.6 Å². The molecule has 0 fully saturated rings. The molecule has 1 aromatic rings. The lowest BCUT2D eigenvalue weighted by Gasteiger charge is -2.08. The van der Waals surface area contributed by atoms with E-state index in [-0.39, 0.29) is 13.2 Å². The van der Waals surface area contributed by atoms with Crippen LogP contribution in [0.2, 0.25) is 0 Å². The van der Waals surface area contributed by atoms with Crippen LogP contribution in [-0.4, -0.2) is 30.3 Å². The summed E-state index contributed by atoms with van der Waals surface area (Å²) in [6.07, 6.45) is 0.657. The van der Waals surface area contributed by atoms with Crippen LogP contribution in [0.3, 0.4) is 0 Å². The van der Waals surface area contributed by atoms with Crippen molar-refractivity contribution >= 4 is 5.97 Å². The summed E-state index contributed by atoms with van der Waals surface area (Å²) in [5.74, 6) is -0.562. The molecule has 0 aliphatic heterocycles. The summed E-state index contributed by atoms with van der Waals surface area (Å²) < 4.78 is 4.87. The maximum atomic E-state index is 11.1. The van der Waals surface area contributed by atoms with Crippen LogP contribution in [-0.2, 0) is 16.0 Å². The van der Waals surface area contributed by atoms with Crippen LogP contribution in [0.25, 0.3) is 0 Å². The van der Waals surface area contributed by atoms with E-state index in [2.05, 4.69) is 0 Å². The molecule has 0 spiro atoms. The first-order chi connectivity index (χ1) is 7.24. The zero-order valence-electron chi connectivity index (χ0n) is 8.43. The van der Waals surface area contributed by atoms with E-state index in [0.717, 1.165) is 5.56 Å². The topological polar surface area (TPSA) is 72.5 Å². The van der Waals surface area contributed by atoms with Crippen molar-refractivity contribution in [3.8, 4) is 0 Å². The lowest BCUT2D eigenvalue weighted by atomic mass is 10.2. The second-order valence-electron chi connectivity index (χ2n) is 3.19. The summed E-state index contributed by atoms with van der Waals surface area (Å²) in [5, 5.41) is 8.60. The summed E-state index contributed by atoms with van der Waals surface area (Å²) in [5.41, 5.74) is 6.37. The van der Waals surface area contributed by atoms with Crippen LogP contribution in [0.5, 0.6) is 0 Å². The van der Waals surface area contributed by atoms with E-state index in [1.54, 1.807) is 0 Å². The fraction of sp³-hybridized carbons (Fsp3) is 0.364. The number of benzene rings is 1. The minimum Gasteiger partial charge on any atom is -0.464 e. The number of aliphatic hydroxyl groups is 1. The summed E-state index contributed by atoms with van der Waals surface area (Å²) in [6.45, 7) is -0.0965. The number of hydrogen-bond donors (Lipinski definition) is 2. The number of carbonyl (C=O) groups excluding carboxylic acids is 1. The molecule has 4 nitrogen and oxygen atoms in total. The quantitative estimate of drug-likeness (QED) is 0.674. The first kappa shape index (κ1) is 11.7. The SMILES string of the molecule is N[C@@H](CO)C(=O)OCCc1ccccc1. The highest BCUT2D eigenvalue weighted by Gasteiger charge is 2.12. The van der Waals surface area contributed by atoms with Crippen molar-refractivity contribution in [3.63, 3.8) is 0 Å². The molecule has 0 heterocycles. The minimum atomic E-state index is -0.930. The minimum absolute atomic E-state index is 0.288. The molecule has 15 heavy (non-hydrogen) atoms. The van der Waals surface area contributed by atoms with E-state index in [1.807, 2.05) is 30.3 Å². The van der Waals surface area contributed by atoms with Crippen molar-refractivity contribution in [1.29, 1.82) is 0 Å². The van der Waals surface area contributed by atoms with Crippen LogP contribution in [0.15, 0.2) is 30.3 Å². The second-order valence-corrected chi connectivity index (χ2v) is 3.19. The maximum Gasteiger partial charge on any atom is 0.325 e. The average molecular weight is 209 g/mol. The van der Waals surface area contributed by atoms with Gasteiger partial charge in [0.25, 0.3) is 0 Å². The van der Waals surface area contributed by atoms with E-state index in [0.29, 0.717) is 6.42 Å². The third-order valence-corrected chi connectivity index (χ3v) is 1.98. The molecule has 82 valence electrons. The number of aliphatic hydroxyl groups excluding tert-OH is 1. The molecule has 0 aliphatic rings. The van der Waals surface area contributed by atoms with Crippen LogP contribution >= 0.6 is 0 Å². The van der Waals surface area contributed by atoms with Gasteiger partial charge in [-0.25, -0.2) is 0 Å². The van der Waals surface area contributed by atoms with E-state index in [9.17, 15) is 4.79 Å². The molecule has 0 saturated carbocycles. The zero-order chi connectivity index (χ0) is 11.1. The number of esters is 1. The van der Waals surface area contributed by atoms with Gasteiger partial charge >= 0.3 is 5.97 Å². The summed E-state index contributed by atoms with van der Waals surface area (Å²) >= 11 is 0. The third-order valence-electron chi connectivity index (χ3n) is 1.98. The molecule has 0 aliphatic carbocycles. The number of rotatable bonds is 5. The van der Waals surface area contributed by atoms with E-state index in [4.69, 9.17) is 15.6 Å². The first-order valence-corrected chi connectivity index (χ1v) is 4.81. The van der Waals surface area contributed by atoms with E-state index in [1.165, 1.54) is 0 Å². The van der Waals surface area contributed by atoms with Crippen LogP contribution < -0.4 is 5.73 Å². The standard InChI is InChI=1S/C11H15NO3/c12-10(8-13)11(14)15-7-6-9-4-2-1-3-5-9/h1-5,10,13H,6-8,12H2/t10-/m0/s1. The molecular weight excluding hydrogens is 194 g/mol. The van der Waals surface area contributed by atoms with Gasteiger partial charge in [-0.3, -0.25) is 4.79 Å². The van der Waals surface area contributed by atoms with Gasteiger partial charge in [-0.2, -0.15) is 0 Å². The monoisotopic (exact) mass is 209 g/mol. The zero-order valence-corrected chi connectivity index (χ0v) is 8.43. The second kappa shape index (κ2) is 6.16. The Hall–Kier alpha value is -1.39. The lowest BCUT2D eigenvalue weighted by molar-refractivity contribution is -0.146. The maximum absolute atomic E-state index is 11.1. The molecular formula is C11H15NO3. The predicted octanol–water partition coefficient (Wildman–Crippen LogP) is 0.0919. The number of carbonyl (C=O) groups is 1. The van der Waals surface area contributed by atoms with Crippen molar-refractivity contribution in [2.45, 2.75) is 12.5 Å². The molecule has 4 heteroatoms. The molecule has 0 radical (unpaired) electrons. The third kappa shape index (κ3) is 4.10. The van der Waals surface area contributed by atoms with Gasteiger partial charge in [-0.05, 0) is 5.56 Å². The molecule has 0 aromatic heterocycles. The Kier molecular flexibility index (Phi) is 4.80. The van der Waals surface area contributed by atoms with Gasteiger partial charge in [0, 0.05) is 6.42 Å². The lowest BCUT2D eigenvalue weighted by Crippen LogP contribution is -2.35. The summed E-state index contributed by atoms with van der Waals surface area (Å²) in [7, 11) is 0. The van der Waals surface area contributed by atoms with Crippen molar-refractivity contribution < 1.29 is 14.6 Å². The normalized spacial score (nSPS) is 12.1. The highest BCUT2D eigenvalue weighted by Crippen LogP contribution is 1.99. The van der Waals surface area contributed by atoms with Gasteiger partial charge in [-0.15, -0.1) is 0 Å². The summed E-state index contributed by atoms with van der Waals surface area (Å²) in [6, 6.07) is 8.77. The van der Waals surface area contributed by atoms with Crippen LogP contribution in [0, 0.1) is 0 Å². The fourth-order valence-corrected chi connectivity index (χ4v) is 1.10. The molecule has 0 amide bonds. The molecule has 3 N–H and O–H groups in total. The molecule has 1 rings (SSSR count). The van der Waals surface area contributed by atoms with Crippen molar-refractivity contribution in [1.82, 2.24) is 0 Å². The molecule has 0 unspecified atom stereocenters. The predicted molar refractivity (Wildman–Crippen MR) is 56.2 cm³/mol. The molecule has 0 bridgehead atoms. The fourth-order valence-electron chi connectivity index (χ4n) is 1.10. The highest BCUT2D eigenvalue weighted by atomic mass is 16.5. The largest absolute Gasteiger partial charge is 0.464 e. The van der Waals surface area contributed by atoms with Gasteiger partial charge in [0.1, 0.15) is 6.04 Å². The van der Waals surface area contributed by atoms with Crippen molar-refractivity contribution in [2.24, 2.45) is 5.73 Å². The number of nitrogens with two attached hydrogens (primary N) is 1. The Balaban J connectivity index is 2.25. The highest BCUT2D eigenvalue weighted by molar-refractivity contribution is 5.75. The van der Waals surface area contributed by atoms with Gasteiger partial charge in [0.15, 0.2) is 0 Å². The van der Waals surface area contributed by atoms with Crippen molar-refractivity contribution in [3.05, 3.63) is 35.9 Å². The van der Waals surface area contributed by atoms with Crippen LogP contribution in [0.1, 0.15) is 5.56 Å². The first-order valence-electron chi connectivity index (χ1n) is 4.81. The number of ether oxygens (including phenoxy) is 1. The Morgan fingerprint density at radius 3 is 2.67 bits per heavy atom. The van der Waals surface area contributed by atoms with Gasteiger partial charge in [-0.1, -0.05) is 30.3 Å². The molecule has 0 saturated heterocycles. The Labute approximate surface area is 88.7 Å². The Morgan fingerprint density at radius 2 is 2.07 bits per heavy atom. The Morgan fingerprint density at radius 1 is 1.40 bits per heavy atom. The average Bonchev–Trinajstić information content (AvgIpc) is 2.29. The Bertz CT molecular complexity index is 300. The van der Waals surface area contributed by atoms with Crippen molar-refractivity contribution in [2.75, 3.05) is 13.2 Å². The van der Waals surface area contributed by atoms with Gasteiger partial charge in [0.05, 0.1) is 13.2 Å². The smallest absolute Gasteiger partial charge is 0.325 e. The van der Waals surface area contributed by atoms with E-state index >= 15 is 0 Å². The van der Waals surface area contributed by atoms with Gasteiger partial charge in [0.2, 0.25) is 0 Å². The summed E-state index contributed by atoms with van der Waals surface area (Å²) in [4.78, 5) is 11.1. The molecule has 1 aromatic carbocycles. The van der Waals surface area contributed by atoms with Crippen LogP contribution in [0.4, 0.5) is 0 Å². The van der Waals surface area contributed by atoms with E-state index < -0.39 is 12.0 Å².